The molecule has 1 aromatic heterocycles. The van der Waals surface area contributed by atoms with Crippen LogP contribution in [0, 0.1) is 0 Å². The molecule has 7 nitrogen and oxygen atoms in total. The molecule has 1 heterocycles. The van der Waals surface area contributed by atoms with Crippen molar-refractivity contribution < 1.29 is 9.47 Å². The predicted octanol–water partition coefficient (Wildman–Crippen LogP) is 2.67. The molecule has 2 aromatic rings. The first kappa shape index (κ1) is 23.2. The highest BCUT2D eigenvalue weighted by Gasteiger charge is 2.02. The fourth-order valence-electron chi connectivity index (χ4n) is 2.44. The molecule has 0 aliphatic carbocycles. The summed E-state index contributed by atoms with van der Waals surface area (Å²) in [6.45, 7) is 6.32. The molecule has 0 radical (unpaired) electrons. The van der Waals surface area contributed by atoms with Gasteiger partial charge in [-0.2, -0.15) is 5.10 Å². The molecule has 0 saturated carbocycles. The van der Waals surface area contributed by atoms with Crippen LogP contribution in [-0.4, -0.2) is 49.1 Å². The van der Waals surface area contributed by atoms with Crippen LogP contribution in [0.1, 0.15) is 18.9 Å². The van der Waals surface area contributed by atoms with Gasteiger partial charge in [-0.1, -0.05) is 18.2 Å². The molecule has 0 amide bonds. The number of aryl methyl sites for hydroxylation is 1. The van der Waals surface area contributed by atoms with Gasteiger partial charge in [0.15, 0.2) is 5.96 Å². The van der Waals surface area contributed by atoms with Crippen LogP contribution in [0.25, 0.3) is 0 Å². The van der Waals surface area contributed by atoms with Gasteiger partial charge in [0.25, 0.3) is 0 Å². The topological polar surface area (TPSA) is 72.7 Å². The van der Waals surface area contributed by atoms with Gasteiger partial charge in [0.2, 0.25) is 0 Å². The van der Waals surface area contributed by atoms with E-state index in [0.29, 0.717) is 19.8 Å². The van der Waals surface area contributed by atoms with E-state index < -0.39 is 0 Å². The van der Waals surface area contributed by atoms with Gasteiger partial charge < -0.3 is 20.1 Å². The van der Waals surface area contributed by atoms with Crippen LogP contribution < -0.4 is 15.4 Å². The first-order chi connectivity index (χ1) is 12.8. The van der Waals surface area contributed by atoms with Crippen LogP contribution in [0.15, 0.2) is 47.7 Å². The molecule has 2 rings (SSSR count). The second kappa shape index (κ2) is 14.3. The van der Waals surface area contributed by atoms with E-state index in [0.717, 1.165) is 43.3 Å². The molecule has 0 atom stereocenters. The average molecular weight is 487 g/mol. The zero-order valence-corrected chi connectivity index (χ0v) is 18.4. The molecule has 0 unspecified atom stereocenters. The van der Waals surface area contributed by atoms with Crippen LogP contribution in [0.3, 0.4) is 0 Å². The Balaban J connectivity index is 0.00000364. The van der Waals surface area contributed by atoms with Crippen molar-refractivity contribution in [3.63, 3.8) is 0 Å². The number of rotatable bonds is 11. The third kappa shape index (κ3) is 9.09. The molecule has 0 saturated heterocycles. The Kier molecular flexibility index (Phi) is 12.3. The zero-order chi connectivity index (χ0) is 18.5. The van der Waals surface area contributed by atoms with Crippen LogP contribution in [0.4, 0.5) is 0 Å². The number of ether oxygens (including phenoxy) is 2. The number of methoxy groups -OCH3 is 1. The first-order valence-corrected chi connectivity index (χ1v) is 9.02. The maximum Gasteiger partial charge on any atom is 0.191 e. The number of hydrogen-bond donors (Lipinski definition) is 2. The number of nitrogens with zero attached hydrogens (tertiary/aromatic N) is 3. The smallest absolute Gasteiger partial charge is 0.191 e. The number of nitrogens with one attached hydrogen (secondary N) is 2. The molecule has 150 valence electrons. The van der Waals surface area contributed by atoms with Gasteiger partial charge in [0, 0.05) is 44.1 Å². The molecule has 0 bridgehead atoms. The van der Waals surface area contributed by atoms with Gasteiger partial charge in [-0.05, 0) is 25.5 Å². The highest BCUT2D eigenvalue weighted by Crippen LogP contribution is 2.17. The Morgan fingerprint density at radius 3 is 2.81 bits per heavy atom. The fraction of sp³-hybridized carbons (Fsp3) is 0.474. The molecular formula is C19H30IN5O2. The Labute approximate surface area is 178 Å². The minimum Gasteiger partial charge on any atom is -0.496 e. The standard InChI is InChI=1S/C19H29N5O2.HI/c1-3-20-19(21-10-6-13-24-14-7-11-23-24)22-12-15-26-16-17-8-4-5-9-18(17)25-2;/h4-5,7-9,11,14H,3,6,10,12-13,15-16H2,1-2H3,(H2,20,21,22);1H. The van der Waals surface area contributed by atoms with Gasteiger partial charge >= 0.3 is 0 Å². The summed E-state index contributed by atoms with van der Waals surface area (Å²) in [4.78, 5) is 4.57. The summed E-state index contributed by atoms with van der Waals surface area (Å²) in [7, 11) is 1.67. The summed E-state index contributed by atoms with van der Waals surface area (Å²) < 4.78 is 13.0. The van der Waals surface area contributed by atoms with Crippen LogP contribution in [0.2, 0.25) is 0 Å². The third-order valence-electron chi connectivity index (χ3n) is 3.71. The number of para-hydroxylation sites is 1. The van der Waals surface area contributed by atoms with Gasteiger partial charge in [0.1, 0.15) is 5.75 Å². The molecule has 0 aliphatic heterocycles. The van der Waals surface area contributed by atoms with Crippen molar-refractivity contribution in [1.29, 1.82) is 0 Å². The molecule has 27 heavy (non-hydrogen) atoms. The molecule has 0 aliphatic rings. The van der Waals surface area contributed by atoms with E-state index in [1.807, 2.05) is 41.2 Å². The average Bonchev–Trinajstić information content (AvgIpc) is 3.18. The maximum absolute atomic E-state index is 5.73. The molecule has 8 heteroatoms. The van der Waals surface area contributed by atoms with Gasteiger partial charge in [-0.25, -0.2) is 0 Å². The highest BCUT2D eigenvalue weighted by atomic mass is 127. The minimum absolute atomic E-state index is 0. The van der Waals surface area contributed by atoms with E-state index in [-0.39, 0.29) is 24.0 Å². The normalized spacial score (nSPS) is 11.0. The molecule has 1 aromatic carbocycles. The summed E-state index contributed by atoms with van der Waals surface area (Å²) in [6, 6.07) is 9.82. The number of benzene rings is 1. The van der Waals surface area contributed by atoms with Crippen LogP contribution >= 0.6 is 24.0 Å². The van der Waals surface area contributed by atoms with Crippen LogP contribution in [0.5, 0.6) is 5.75 Å². The predicted molar refractivity (Wildman–Crippen MR) is 119 cm³/mol. The monoisotopic (exact) mass is 487 g/mol. The van der Waals surface area contributed by atoms with Crippen molar-refractivity contribution in [2.75, 3.05) is 33.4 Å². The summed E-state index contributed by atoms with van der Waals surface area (Å²) in [5, 5.41) is 10.7. The lowest BCUT2D eigenvalue weighted by Gasteiger charge is -2.12. The van der Waals surface area contributed by atoms with Crippen molar-refractivity contribution in [2.45, 2.75) is 26.5 Å². The first-order valence-electron chi connectivity index (χ1n) is 9.02. The Morgan fingerprint density at radius 2 is 2.07 bits per heavy atom. The Morgan fingerprint density at radius 1 is 1.22 bits per heavy atom. The van der Waals surface area contributed by atoms with E-state index in [9.17, 15) is 0 Å². The van der Waals surface area contributed by atoms with Gasteiger partial charge in [-0.15, -0.1) is 24.0 Å². The minimum atomic E-state index is 0. The Hall–Kier alpha value is -1.81. The fourth-order valence-corrected chi connectivity index (χ4v) is 2.44. The highest BCUT2D eigenvalue weighted by molar-refractivity contribution is 14.0. The van der Waals surface area contributed by atoms with E-state index in [1.165, 1.54) is 0 Å². The third-order valence-corrected chi connectivity index (χ3v) is 3.71. The van der Waals surface area contributed by atoms with Crippen molar-refractivity contribution in [2.24, 2.45) is 4.99 Å². The molecule has 0 spiro atoms. The van der Waals surface area contributed by atoms with Crippen molar-refractivity contribution in [1.82, 2.24) is 20.4 Å². The van der Waals surface area contributed by atoms with E-state index in [1.54, 1.807) is 13.3 Å². The van der Waals surface area contributed by atoms with E-state index in [4.69, 9.17) is 9.47 Å². The number of halogens is 1. The lowest BCUT2D eigenvalue weighted by molar-refractivity contribution is 0.123. The number of guanidine groups is 1. The molecule has 2 N–H and O–H groups in total. The second-order valence-electron chi connectivity index (χ2n) is 5.67. The molecule has 0 fully saturated rings. The lowest BCUT2D eigenvalue weighted by Crippen LogP contribution is -2.39. The van der Waals surface area contributed by atoms with Crippen molar-refractivity contribution >= 4 is 29.9 Å². The number of aromatic nitrogens is 2. The van der Waals surface area contributed by atoms with Crippen molar-refractivity contribution in [3.05, 3.63) is 48.3 Å². The SMILES string of the molecule is CCNC(=NCCCn1cccn1)NCCOCc1ccccc1OC.I. The maximum atomic E-state index is 5.73. The zero-order valence-electron chi connectivity index (χ0n) is 16.1. The second-order valence-corrected chi connectivity index (χ2v) is 5.67. The lowest BCUT2D eigenvalue weighted by atomic mass is 10.2. The van der Waals surface area contributed by atoms with Gasteiger partial charge in [0.05, 0.1) is 20.3 Å². The van der Waals surface area contributed by atoms with Crippen LogP contribution in [-0.2, 0) is 17.9 Å². The summed E-state index contributed by atoms with van der Waals surface area (Å²) >= 11 is 0. The quantitative estimate of drug-likeness (QED) is 0.221. The number of aliphatic imine (C=N–C) groups is 1. The summed E-state index contributed by atoms with van der Waals surface area (Å²) in [5.74, 6) is 1.67. The largest absolute Gasteiger partial charge is 0.496 e. The molecular weight excluding hydrogens is 457 g/mol. The summed E-state index contributed by atoms with van der Waals surface area (Å²) in [5.41, 5.74) is 1.05. The van der Waals surface area contributed by atoms with Crippen molar-refractivity contribution in [3.8, 4) is 5.75 Å². The van der Waals surface area contributed by atoms with E-state index >= 15 is 0 Å². The number of hydrogen-bond acceptors (Lipinski definition) is 4. The van der Waals surface area contributed by atoms with E-state index in [2.05, 4.69) is 27.6 Å². The Bertz CT molecular complexity index is 649. The summed E-state index contributed by atoms with van der Waals surface area (Å²) in [6.07, 6.45) is 4.70. The van der Waals surface area contributed by atoms with Gasteiger partial charge in [-0.3, -0.25) is 9.67 Å².